The smallest absolute Gasteiger partial charge is 0.160 e. The molecule has 3 rings (SSSR count). The molecule has 3 heterocycles. The minimum absolute atomic E-state index is 0.463. The van der Waals surface area contributed by atoms with Crippen LogP contribution in [0.25, 0.3) is 5.65 Å². The Hall–Kier alpha value is -1.46. The van der Waals surface area contributed by atoms with E-state index in [1.54, 1.807) is 0 Å². The van der Waals surface area contributed by atoms with Crippen molar-refractivity contribution >= 4 is 5.65 Å². The first-order valence-electron chi connectivity index (χ1n) is 8.39. The second-order valence-corrected chi connectivity index (χ2v) is 6.47. The maximum Gasteiger partial charge on any atom is 0.160 e. The Bertz CT molecular complexity index is 612. The molecule has 1 aliphatic rings. The number of piperidine rings is 1. The highest BCUT2D eigenvalue weighted by atomic mass is 16.3. The molecule has 2 aromatic heterocycles. The molecular formula is C17H26N4O. The van der Waals surface area contributed by atoms with Crippen molar-refractivity contribution in [1.29, 1.82) is 0 Å². The van der Waals surface area contributed by atoms with E-state index in [-0.39, 0.29) is 0 Å². The van der Waals surface area contributed by atoms with Crippen LogP contribution < -0.4 is 0 Å². The molecule has 0 atom stereocenters. The zero-order valence-corrected chi connectivity index (χ0v) is 13.6. The molecule has 120 valence electrons. The lowest BCUT2D eigenvalue weighted by Crippen LogP contribution is -2.45. The first-order chi connectivity index (χ1) is 10.6. The molecule has 0 aromatic carbocycles. The molecule has 1 N–H and O–H groups in total. The maximum atomic E-state index is 10.5. The van der Waals surface area contributed by atoms with Crippen LogP contribution in [0.2, 0.25) is 0 Å². The van der Waals surface area contributed by atoms with E-state index in [9.17, 15) is 5.11 Å². The van der Waals surface area contributed by atoms with E-state index in [2.05, 4.69) is 33.3 Å². The third-order valence-electron chi connectivity index (χ3n) is 5.13. The zero-order valence-electron chi connectivity index (χ0n) is 13.6. The highest BCUT2D eigenvalue weighted by Crippen LogP contribution is 2.28. The highest BCUT2D eigenvalue weighted by molar-refractivity contribution is 5.37. The van der Waals surface area contributed by atoms with Gasteiger partial charge in [-0.2, -0.15) is 0 Å². The molecule has 0 radical (unpaired) electrons. The summed E-state index contributed by atoms with van der Waals surface area (Å²) in [5.74, 6) is 1.54. The molecule has 5 nitrogen and oxygen atoms in total. The van der Waals surface area contributed by atoms with E-state index < -0.39 is 5.60 Å². The topological polar surface area (TPSA) is 53.7 Å². The minimum Gasteiger partial charge on any atom is -0.389 e. The predicted molar refractivity (Wildman–Crippen MR) is 86.9 cm³/mol. The van der Waals surface area contributed by atoms with E-state index in [0.29, 0.717) is 5.92 Å². The third kappa shape index (κ3) is 3.01. The fourth-order valence-electron chi connectivity index (χ4n) is 3.38. The van der Waals surface area contributed by atoms with Gasteiger partial charge in [0, 0.05) is 18.7 Å². The van der Waals surface area contributed by atoms with Crippen molar-refractivity contribution in [3.8, 4) is 0 Å². The van der Waals surface area contributed by atoms with Crippen molar-refractivity contribution < 1.29 is 5.11 Å². The Kier molecular flexibility index (Phi) is 4.45. The highest BCUT2D eigenvalue weighted by Gasteiger charge is 2.30. The molecular weight excluding hydrogens is 276 g/mol. The summed E-state index contributed by atoms with van der Waals surface area (Å²) in [5.41, 5.74) is 0.389. The number of rotatable bonds is 5. The number of aliphatic hydroxyl groups is 1. The molecule has 0 spiro atoms. The van der Waals surface area contributed by atoms with Crippen LogP contribution >= 0.6 is 0 Å². The van der Waals surface area contributed by atoms with Crippen LogP contribution in [-0.4, -0.2) is 49.8 Å². The van der Waals surface area contributed by atoms with Crippen molar-refractivity contribution in [2.45, 2.75) is 51.0 Å². The van der Waals surface area contributed by atoms with E-state index >= 15 is 0 Å². The number of hydrogen-bond acceptors (Lipinski definition) is 4. The molecule has 0 unspecified atom stereocenters. The molecule has 0 bridgehead atoms. The van der Waals surface area contributed by atoms with Crippen LogP contribution in [0.15, 0.2) is 24.4 Å². The van der Waals surface area contributed by atoms with E-state index in [1.165, 1.54) is 0 Å². The molecule has 2 aromatic rings. The van der Waals surface area contributed by atoms with E-state index in [0.717, 1.165) is 56.8 Å². The van der Waals surface area contributed by atoms with Crippen LogP contribution in [0.1, 0.15) is 51.3 Å². The van der Waals surface area contributed by atoms with Gasteiger partial charge in [-0.15, -0.1) is 10.2 Å². The molecule has 1 aliphatic heterocycles. The van der Waals surface area contributed by atoms with Crippen molar-refractivity contribution in [3.63, 3.8) is 0 Å². The standard InChI is InChI=1S/C17H26N4O/c1-3-17(22,4-2)13-20-11-8-14(9-12-20)16-19-18-15-7-5-6-10-21(15)16/h5-7,10,14,22H,3-4,8-9,11-13H2,1-2H3. The largest absolute Gasteiger partial charge is 0.389 e. The number of pyridine rings is 1. The summed E-state index contributed by atoms with van der Waals surface area (Å²) < 4.78 is 2.11. The fourth-order valence-corrected chi connectivity index (χ4v) is 3.38. The summed E-state index contributed by atoms with van der Waals surface area (Å²) >= 11 is 0. The number of fused-ring (bicyclic) bond motifs is 1. The van der Waals surface area contributed by atoms with Crippen molar-refractivity contribution in [2.24, 2.45) is 0 Å². The number of likely N-dealkylation sites (tertiary alicyclic amines) is 1. The number of aromatic nitrogens is 3. The van der Waals surface area contributed by atoms with Gasteiger partial charge in [0.1, 0.15) is 5.82 Å². The Morgan fingerprint density at radius 1 is 1.18 bits per heavy atom. The average Bonchev–Trinajstić information content (AvgIpc) is 2.99. The summed E-state index contributed by atoms with van der Waals surface area (Å²) in [7, 11) is 0. The van der Waals surface area contributed by atoms with Gasteiger partial charge in [-0.05, 0) is 50.9 Å². The third-order valence-corrected chi connectivity index (χ3v) is 5.13. The second kappa shape index (κ2) is 6.34. The lowest BCUT2D eigenvalue weighted by Gasteiger charge is -2.37. The van der Waals surface area contributed by atoms with Crippen molar-refractivity contribution in [2.75, 3.05) is 19.6 Å². The van der Waals surface area contributed by atoms with E-state index in [1.807, 2.05) is 24.4 Å². The van der Waals surface area contributed by atoms with Crippen LogP contribution in [0.5, 0.6) is 0 Å². The second-order valence-electron chi connectivity index (χ2n) is 6.47. The van der Waals surface area contributed by atoms with Gasteiger partial charge >= 0.3 is 0 Å². The molecule has 1 saturated heterocycles. The number of hydrogen-bond donors (Lipinski definition) is 1. The van der Waals surface area contributed by atoms with E-state index in [4.69, 9.17) is 0 Å². The quantitative estimate of drug-likeness (QED) is 0.922. The Balaban J connectivity index is 1.65. The fraction of sp³-hybridized carbons (Fsp3) is 0.647. The molecule has 0 aliphatic carbocycles. The summed E-state index contributed by atoms with van der Waals surface area (Å²) in [6, 6.07) is 6.01. The van der Waals surface area contributed by atoms with Crippen LogP contribution in [-0.2, 0) is 0 Å². The first kappa shape index (κ1) is 15.4. The zero-order chi connectivity index (χ0) is 15.6. The van der Waals surface area contributed by atoms with Gasteiger partial charge in [0.25, 0.3) is 0 Å². The lowest BCUT2D eigenvalue weighted by molar-refractivity contribution is -0.00925. The minimum atomic E-state index is -0.533. The summed E-state index contributed by atoms with van der Waals surface area (Å²) in [4.78, 5) is 2.40. The van der Waals surface area contributed by atoms with Gasteiger partial charge in [-0.25, -0.2) is 0 Å². The monoisotopic (exact) mass is 302 g/mol. The average molecular weight is 302 g/mol. The normalized spacial score (nSPS) is 18.1. The molecule has 5 heteroatoms. The molecule has 1 fully saturated rings. The van der Waals surface area contributed by atoms with Crippen molar-refractivity contribution in [3.05, 3.63) is 30.2 Å². The van der Waals surface area contributed by atoms with Gasteiger partial charge in [0.05, 0.1) is 5.60 Å². The SMILES string of the molecule is CCC(O)(CC)CN1CCC(c2nnc3ccccn23)CC1. The summed E-state index contributed by atoms with van der Waals surface area (Å²) in [5, 5.41) is 19.2. The number of β-amino-alcohol motifs (C(OH)–C–C–N with tert-alkyl or cyclic N) is 1. The van der Waals surface area contributed by atoms with Crippen LogP contribution in [0, 0.1) is 0 Å². The Morgan fingerprint density at radius 2 is 1.91 bits per heavy atom. The Labute approximate surface area is 132 Å². The molecule has 0 saturated carbocycles. The van der Waals surface area contributed by atoms with Gasteiger partial charge < -0.3 is 10.0 Å². The lowest BCUT2D eigenvalue weighted by atomic mass is 9.92. The van der Waals surface area contributed by atoms with Gasteiger partial charge in [0.2, 0.25) is 0 Å². The first-order valence-corrected chi connectivity index (χ1v) is 8.39. The number of nitrogens with zero attached hydrogens (tertiary/aromatic N) is 4. The predicted octanol–water partition coefficient (Wildman–Crippen LogP) is 2.46. The van der Waals surface area contributed by atoms with Gasteiger partial charge in [-0.3, -0.25) is 4.40 Å². The van der Waals surface area contributed by atoms with Crippen molar-refractivity contribution in [1.82, 2.24) is 19.5 Å². The maximum absolute atomic E-state index is 10.5. The van der Waals surface area contributed by atoms with Crippen LogP contribution in [0.3, 0.4) is 0 Å². The van der Waals surface area contributed by atoms with Gasteiger partial charge in [-0.1, -0.05) is 19.9 Å². The molecule has 22 heavy (non-hydrogen) atoms. The summed E-state index contributed by atoms with van der Waals surface area (Å²) in [6.45, 7) is 6.97. The van der Waals surface area contributed by atoms with Gasteiger partial charge in [0.15, 0.2) is 5.65 Å². The Morgan fingerprint density at radius 3 is 2.59 bits per heavy atom. The summed E-state index contributed by atoms with van der Waals surface area (Å²) in [6.07, 6.45) is 5.85. The molecule has 0 amide bonds. The van der Waals surface area contributed by atoms with Crippen LogP contribution in [0.4, 0.5) is 0 Å².